The zero-order chi connectivity index (χ0) is 17.4. The molecule has 2 amide bonds. The van der Waals surface area contributed by atoms with E-state index in [1.54, 1.807) is 0 Å². The Bertz CT molecular complexity index is 467. The van der Waals surface area contributed by atoms with Crippen molar-refractivity contribution in [1.29, 1.82) is 0 Å². The predicted molar refractivity (Wildman–Crippen MR) is 99.4 cm³/mol. The Kier molecular flexibility index (Phi) is 8.10. The molecule has 0 bridgehead atoms. The Morgan fingerprint density at radius 2 is 1.57 bits per heavy atom. The molecule has 0 aromatic heterocycles. The molecule has 1 aromatic carbocycles. The summed E-state index contributed by atoms with van der Waals surface area (Å²) in [5.74, 6) is 0.749. The summed E-state index contributed by atoms with van der Waals surface area (Å²) in [5, 5.41) is 6.05. The van der Waals surface area contributed by atoms with Crippen molar-refractivity contribution in [2.24, 2.45) is 0 Å². The minimum absolute atomic E-state index is 0.118. The highest BCUT2D eigenvalue weighted by atomic mass is 16.2. The molecule has 2 N–H and O–H groups in total. The summed E-state index contributed by atoms with van der Waals surface area (Å²) in [4.78, 5) is 14.6. The van der Waals surface area contributed by atoms with Crippen LogP contribution >= 0.6 is 0 Å². The van der Waals surface area contributed by atoms with Gasteiger partial charge in [0, 0.05) is 18.8 Å². The highest BCUT2D eigenvalue weighted by molar-refractivity contribution is 5.91. The lowest BCUT2D eigenvalue weighted by atomic mass is 9.93. The third kappa shape index (κ3) is 5.87. The van der Waals surface area contributed by atoms with Gasteiger partial charge in [-0.25, -0.2) is 4.79 Å². The Hall–Kier alpha value is -1.55. The second-order valence-corrected chi connectivity index (χ2v) is 6.53. The van der Waals surface area contributed by atoms with Crippen molar-refractivity contribution in [3.8, 4) is 0 Å². The molecule has 0 aliphatic heterocycles. The number of nitrogens with one attached hydrogen (secondary N) is 2. The van der Waals surface area contributed by atoms with Crippen LogP contribution in [0.25, 0.3) is 0 Å². The molecule has 0 saturated carbocycles. The number of benzene rings is 1. The number of urea groups is 1. The van der Waals surface area contributed by atoms with Crippen molar-refractivity contribution in [1.82, 2.24) is 10.2 Å². The molecule has 0 aliphatic carbocycles. The number of nitrogens with zero attached hydrogens (tertiary/aromatic N) is 1. The van der Waals surface area contributed by atoms with Crippen LogP contribution in [0.15, 0.2) is 18.2 Å². The lowest BCUT2D eigenvalue weighted by Crippen LogP contribution is -2.37. The molecular weight excluding hydrogens is 286 g/mol. The first-order valence-electron chi connectivity index (χ1n) is 8.80. The third-order valence-electron chi connectivity index (χ3n) is 4.22. The number of carbonyl (C=O) groups excluding carboxylic acids is 1. The molecule has 0 aliphatic rings. The minimum atomic E-state index is -0.118. The molecule has 0 radical (unpaired) electrons. The van der Waals surface area contributed by atoms with Gasteiger partial charge in [-0.2, -0.15) is 0 Å². The van der Waals surface area contributed by atoms with Gasteiger partial charge in [0.1, 0.15) is 0 Å². The van der Waals surface area contributed by atoms with E-state index in [2.05, 4.69) is 75.3 Å². The molecule has 130 valence electrons. The number of amides is 2. The van der Waals surface area contributed by atoms with Crippen LogP contribution in [0.1, 0.15) is 64.5 Å². The van der Waals surface area contributed by atoms with Gasteiger partial charge in [0.2, 0.25) is 0 Å². The monoisotopic (exact) mass is 319 g/mol. The van der Waals surface area contributed by atoms with E-state index in [0.29, 0.717) is 18.4 Å². The first kappa shape index (κ1) is 19.5. The maximum Gasteiger partial charge on any atom is 0.319 e. The fraction of sp³-hybridized carbons (Fsp3) is 0.632. The molecule has 0 atom stereocenters. The Morgan fingerprint density at radius 1 is 1.04 bits per heavy atom. The zero-order valence-electron chi connectivity index (χ0n) is 15.6. The largest absolute Gasteiger partial charge is 0.337 e. The molecule has 1 aromatic rings. The van der Waals surface area contributed by atoms with Crippen LogP contribution in [0, 0.1) is 0 Å². The molecular formula is C19H33N3O. The maximum atomic E-state index is 12.3. The number of likely N-dealkylation sites (N-methyl/N-ethyl adjacent to an activating group) is 1. The Balaban J connectivity index is 2.77. The lowest BCUT2D eigenvalue weighted by Gasteiger charge is -2.21. The van der Waals surface area contributed by atoms with Crippen LogP contribution in [0.4, 0.5) is 10.5 Å². The van der Waals surface area contributed by atoms with Crippen molar-refractivity contribution in [3.05, 3.63) is 29.3 Å². The number of rotatable bonds is 8. The van der Waals surface area contributed by atoms with Gasteiger partial charge in [-0.15, -0.1) is 0 Å². The molecule has 0 spiro atoms. The van der Waals surface area contributed by atoms with Crippen molar-refractivity contribution in [2.75, 3.05) is 31.5 Å². The van der Waals surface area contributed by atoms with Gasteiger partial charge in [0.05, 0.1) is 0 Å². The van der Waals surface area contributed by atoms with Crippen LogP contribution < -0.4 is 10.6 Å². The molecule has 0 fully saturated rings. The van der Waals surface area contributed by atoms with E-state index in [-0.39, 0.29) is 6.03 Å². The number of hydrogen-bond donors (Lipinski definition) is 2. The normalized spacial score (nSPS) is 11.3. The van der Waals surface area contributed by atoms with Crippen LogP contribution in [-0.4, -0.2) is 37.1 Å². The summed E-state index contributed by atoms with van der Waals surface area (Å²) in [6, 6.07) is 6.16. The van der Waals surface area contributed by atoms with Crippen LogP contribution in [-0.2, 0) is 0 Å². The number of para-hydroxylation sites is 1. The smallest absolute Gasteiger partial charge is 0.319 e. The van der Waals surface area contributed by atoms with Crippen molar-refractivity contribution >= 4 is 11.7 Å². The number of carbonyl (C=O) groups is 1. The van der Waals surface area contributed by atoms with E-state index >= 15 is 0 Å². The van der Waals surface area contributed by atoms with Crippen molar-refractivity contribution in [3.63, 3.8) is 0 Å². The van der Waals surface area contributed by atoms with Crippen molar-refractivity contribution in [2.45, 2.75) is 53.4 Å². The summed E-state index contributed by atoms with van der Waals surface area (Å²) in [6.45, 7) is 16.4. The predicted octanol–water partition coefficient (Wildman–Crippen LogP) is 4.40. The van der Waals surface area contributed by atoms with Crippen LogP contribution in [0.5, 0.6) is 0 Å². The first-order valence-corrected chi connectivity index (χ1v) is 8.80. The number of hydrogen-bond acceptors (Lipinski definition) is 2. The highest BCUT2D eigenvalue weighted by Gasteiger charge is 2.15. The summed E-state index contributed by atoms with van der Waals surface area (Å²) >= 11 is 0. The summed E-state index contributed by atoms with van der Waals surface area (Å²) in [5.41, 5.74) is 3.35. The molecule has 0 heterocycles. The minimum Gasteiger partial charge on any atom is -0.337 e. The highest BCUT2D eigenvalue weighted by Crippen LogP contribution is 2.32. The van der Waals surface area contributed by atoms with Crippen LogP contribution in [0.2, 0.25) is 0 Å². The Labute approximate surface area is 141 Å². The summed E-state index contributed by atoms with van der Waals surface area (Å²) in [6.07, 6.45) is 0. The van der Waals surface area contributed by atoms with E-state index in [0.717, 1.165) is 25.3 Å². The van der Waals surface area contributed by atoms with Gasteiger partial charge in [0.25, 0.3) is 0 Å². The molecule has 0 unspecified atom stereocenters. The molecule has 4 nitrogen and oxygen atoms in total. The fourth-order valence-electron chi connectivity index (χ4n) is 2.72. The van der Waals surface area contributed by atoms with E-state index in [9.17, 15) is 4.79 Å². The Morgan fingerprint density at radius 3 is 2.00 bits per heavy atom. The quantitative estimate of drug-likeness (QED) is 0.746. The van der Waals surface area contributed by atoms with E-state index in [1.165, 1.54) is 11.1 Å². The summed E-state index contributed by atoms with van der Waals surface area (Å²) in [7, 11) is 0. The topological polar surface area (TPSA) is 44.4 Å². The zero-order valence-corrected chi connectivity index (χ0v) is 15.6. The molecule has 0 saturated heterocycles. The maximum absolute atomic E-state index is 12.3. The third-order valence-corrected chi connectivity index (χ3v) is 4.22. The van der Waals surface area contributed by atoms with Gasteiger partial charge in [0.15, 0.2) is 0 Å². The van der Waals surface area contributed by atoms with Crippen molar-refractivity contribution < 1.29 is 4.79 Å². The van der Waals surface area contributed by atoms with E-state index < -0.39 is 0 Å². The van der Waals surface area contributed by atoms with Gasteiger partial charge in [-0.05, 0) is 36.1 Å². The second kappa shape index (κ2) is 9.56. The molecule has 23 heavy (non-hydrogen) atoms. The van der Waals surface area contributed by atoms with Gasteiger partial charge in [-0.1, -0.05) is 59.7 Å². The van der Waals surface area contributed by atoms with Gasteiger partial charge in [-0.3, -0.25) is 0 Å². The standard InChI is InChI=1S/C19H33N3O/c1-7-22(8-2)13-12-20-19(23)21-18-16(14(3)4)10-9-11-17(18)15(5)6/h9-11,14-15H,7-8,12-13H2,1-6H3,(H2,20,21,23). The van der Waals surface area contributed by atoms with E-state index in [4.69, 9.17) is 0 Å². The number of anilines is 1. The molecule has 4 heteroatoms. The average molecular weight is 319 g/mol. The van der Waals surface area contributed by atoms with Gasteiger partial charge >= 0.3 is 6.03 Å². The van der Waals surface area contributed by atoms with Crippen LogP contribution in [0.3, 0.4) is 0 Å². The summed E-state index contributed by atoms with van der Waals surface area (Å²) < 4.78 is 0. The lowest BCUT2D eigenvalue weighted by molar-refractivity contribution is 0.247. The SMILES string of the molecule is CCN(CC)CCNC(=O)Nc1c(C(C)C)cccc1C(C)C. The fourth-order valence-corrected chi connectivity index (χ4v) is 2.72. The van der Waals surface area contributed by atoms with E-state index in [1.807, 2.05) is 0 Å². The molecule has 1 rings (SSSR count). The average Bonchev–Trinajstić information content (AvgIpc) is 2.51. The second-order valence-electron chi connectivity index (χ2n) is 6.53. The first-order chi connectivity index (χ1) is 10.9. The van der Waals surface area contributed by atoms with Gasteiger partial charge < -0.3 is 15.5 Å².